The Balaban J connectivity index is 2.04. The number of nitrogens with one attached hydrogen (secondary N) is 1. The van der Waals surface area contributed by atoms with Crippen LogP contribution in [0, 0.1) is 13.8 Å². The lowest BCUT2D eigenvalue weighted by atomic mass is 10.0. The predicted molar refractivity (Wildman–Crippen MR) is 81.3 cm³/mol. The van der Waals surface area contributed by atoms with Crippen molar-refractivity contribution in [3.63, 3.8) is 0 Å². The van der Waals surface area contributed by atoms with Crippen LogP contribution in [0.3, 0.4) is 0 Å². The lowest BCUT2D eigenvalue weighted by Crippen LogP contribution is -2.28. The summed E-state index contributed by atoms with van der Waals surface area (Å²) in [5.41, 5.74) is 7.26. The van der Waals surface area contributed by atoms with Gasteiger partial charge in [0, 0.05) is 5.39 Å². The quantitative estimate of drug-likeness (QED) is 0.562. The molecule has 3 heteroatoms. The van der Waals surface area contributed by atoms with E-state index >= 15 is 0 Å². The third kappa shape index (κ3) is 2.33. The molecule has 1 unspecified atom stereocenters. The van der Waals surface area contributed by atoms with Crippen LogP contribution < -0.4 is 11.3 Å². The summed E-state index contributed by atoms with van der Waals surface area (Å²) >= 11 is 0. The van der Waals surface area contributed by atoms with Crippen LogP contribution in [0.25, 0.3) is 11.0 Å². The molecule has 0 radical (unpaired) electrons. The summed E-state index contributed by atoms with van der Waals surface area (Å²) in [5, 5.41) is 1.10. The van der Waals surface area contributed by atoms with Gasteiger partial charge in [-0.05, 0) is 37.6 Å². The summed E-state index contributed by atoms with van der Waals surface area (Å²) in [6.45, 7) is 4.14. The normalized spacial score (nSPS) is 12.8. The van der Waals surface area contributed by atoms with Gasteiger partial charge in [-0.2, -0.15) is 0 Å². The van der Waals surface area contributed by atoms with Crippen LogP contribution in [0.4, 0.5) is 0 Å². The highest BCUT2D eigenvalue weighted by Gasteiger charge is 2.17. The van der Waals surface area contributed by atoms with E-state index in [1.807, 2.05) is 18.2 Å². The molecular formula is C17H18N2O. The molecule has 102 valence electrons. The number of hydrogen-bond acceptors (Lipinski definition) is 3. The molecule has 0 amide bonds. The standard InChI is InChI=1S/C17H18N2O/c1-11-3-6-13(7-4-11)17(19-18)16-10-14-9-12(2)5-8-15(14)20-16/h3-10,17,19H,18H2,1-2H3. The second kappa shape index (κ2) is 5.12. The number of hydrogen-bond donors (Lipinski definition) is 2. The topological polar surface area (TPSA) is 51.2 Å². The van der Waals surface area contributed by atoms with Crippen molar-refractivity contribution in [3.8, 4) is 0 Å². The third-order valence-corrected chi connectivity index (χ3v) is 3.55. The Morgan fingerprint density at radius 3 is 2.35 bits per heavy atom. The second-order valence-electron chi connectivity index (χ2n) is 5.20. The molecule has 0 aliphatic rings. The van der Waals surface area contributed by atoms with Gasteiger partial charge in [-0.3, -0.25) is 5.84 Å². The van der Waals surface area contributed by atoms with E-state index in [1.54, 1.807) is 0 Å². The van der Waals surface area contributed by atoms with Gasteiger partial charge in [-0.1, -0.05) is 41.5 Å². The van der Waals surface area contributed by atoms with E-state index in [-0.39, 0.29) is 6.04 Å². The summed E-state index contributed by atoms with van der Waals surface area (Å²) in [4.78, 5) is 0. The molecule has 0 saturated heterocycles. The first kappa shape index (κ1) is 12.9. The molecule has 1 aromatic heterocycles. The zero-order valence-electron chi connectivity index (χ0n) is 11.7. The average Bonchev–Trinajstić information content (AvgIpc) is 2.84. The molecule has 0 aliphatic carbocycles. The van der Waals surface area contributed by atoms with Gasteiger partial charge >= 0.3 is 0 Å². The van der Waals surface area contributed by atoms with Crippen molar-refractivity contribution >= 4 is 11.0 Å². The molecule has 3 nitrogen and oxygen atoms in total. The maximum Gasteiger partial charge on any atom is 0.134 e. The zero-order valence-corrected chi connectivity index (χ0v) is 11.7. The van der Waals surface area contributed by atoms with E-state index in [0.29, 0.717) is 0 Å². The fourth-order valence-corrected chi connectivity index (χ4v) is 2.43. The van der Waals surface area contributed by atoms with Crippen LogP contribution >= 0.6 is 0 Å². The van der Waals surface area contributed by atoms with E-state index in [1.165, 1.54) is 11.1 Å². The summed E-state index contributed by atoms with van der Waals surface area (Å²) in [5.74, 6) is 6.55. The van der Waals surface area contributed by atoms with E-state index in [2.05, 4.69) is 49.6 Å². The van der Waals surface area contributed by atoms with Crippen LogP contribution in [0.5, 0.6) is 0 Å². The molecule has 0 aliphatic heterocycles. The first-order valence-corrected chi connectivity index (χ1v) is 6.70. The zero-order chi connectivity index (χ0) is 14.1. The highest BCUT2D eigenvalue weighted by atomic mass is 16.3. The van der Waals surface area contributed by atoms with Crippen molar-refractivity contribution in [3.05, 3.63) is 71.0 Å². The summed E-state index contributed by atoms with van der Waals surface area (Å²) in [6.07, 6.45) is 0. The van der Waals surface area contributed by atoms with Crippen LogP contribution in [-0.2, 0) is 0 Å². The molecule has 20 heavy (non-hydrogen) atoms. The molecule has 0 spiro atoms. The molecule has 2 aromatic carbocycles. The van der Waals surface area contributed by atoms with E-state index < -0.39 is 0 Å². The smallest absolute Gasteiger partial charge is 0.134 e. The van der Waals surface area contributed by atoms with Gasteiger partial charge in [0.25, 0.3) is 0 Å². The van der Waals surface area contributed by atoms with Crippen molar-refractivity contribution in [2.75, 3.05) is 0 Å². The molecule has 0 bridgehead atoms. The SMILES string of the molecule is Cc1ccc(C(NN)c2cc3cc(C)ccc3o2)cc1. The second-order valence-corrected chi connectivity index (χ2v) is 5.20. The Kier molecular flexibility index (Phi) is 3.30. The summed E-state index contributed by atoms with van der Waals surface area (Å²) in [6, 6.07) is 16.4. The predicted octanol–water partition coefficient (Wildman–Crippen LogP) is 3.60. The van der Waals surface area contributed by atoms with Gasteiger partial charge in [-0.15, -0.1) is 0 Å². The number of benzene rings is 2. The molecule has 3 rings (SSSR count). The van der Waals surface area contributed by atoms with Gasteiger partial charge in [0.05, 0.1) is 0 Å². The van der Waals surface area contributed by atoms with Gasteiger partial charge in [-0.25, -0.2) is 5.43 Å². The molecular weight excluding hydrogens is 248 g/mol. The van der Waals surface area contributed by atoms with E-state index in [0.717, 1.165) is 22.3 Å². The number of nitrogens with two attached hydrogens (primary N) is 1. The van der Waals surface area contributed by atoms with Crippen molar-refractivity contribution in [1.29, 1.82) is 0 Å². The molecule has 1 heterocycles. The van der Waals surface area contributed by atoms with Gasteiger partial charge < -0.3 is 4.42 Å². The van der Waals surface area contributed by atoms with E-state index in [4.69, 9.17) is 10.3 Å². The summed E-state index contributed by atoms with van der Waals surface area (Å²) in [7, 11) is 0. The van der Waals surface area contributed by atoms with Crippen LogP contribution in [-0.4, -0.2) is 0 Å². The van der Waals surface area contributed by atoms with Crippen molar-refractivity contribution in [2.45, 2.75) is 19.9 Å². The fraction of sp³-hybridized carbons (Fsp3) is 0.176. The van der Waals surface area contributed by atoms with Crippen LogP contribution in [0.1, 0.15) is 28.5 Å². The first-order chi connectivity index (χ1) is 9.67. The number of furan rings is 1. The Morgan fingerprint density at radius 2 is 1.65 bits per heavy atom. The molecule has 3 aromatic rings. The number of fused-ring (bicyclic) bond motifs is 1. The minimum atomic E-state index is -0.136. The highest BCUT2D eigenvalue weighted by molar-refractivity contribution is 5.78. The fourth-order valence-electron chi connectivity index (χ4n) is 2.43. The Morgan fingerprint density at radius 1 is 0.950 bits per heavy atom. The van der Waals surface area contributed by atoms with Crippen molar-refractivity contribution < 1.29 is 4.42 Å². The molecule has 3 N–H and O–H groups in total. The van der Waals surface area contributed by atoms with Crippen LogP contribution in [0.2, 0.25) is 0 Å². The summed E-state index contributed by atoms with van der Waals surface area (Å²) < 4.78 is 5.92. The molecule has 1 atom stereocenters. The van der Waals surface area contributed by atoms with Crippen molar-refractivity contribution in [2.24, 2.45) is 5.84 Å². The Labute approximate surface area is 118 Å². The third-order valence-electron chi connectivity index (χ3n) is 3.55. The highest BCUT2D eigenvalue weighted by Crippen LogP contribution is 2.28. The molecule has 0 fully saturated rings. The minimum absolute atomic E-state index is 0.136. The van der Waals surface area contributed by atoms with E-state index in [9.17, 15) is 0 Å². The Hall–Kier alpha value is -2.10. The first-order valence-electron chi connectivity index (χ1n) is 6.70. The van der Waals surface area contributed by atoms with Crippen molar-refractivity contribution in [1.82, 2.24) is 5.43 Å². The number of aryl methyl sites for hydroxylation is 2. The van der Waals surface area contributed by atoms with Crippen LogP contribution in [0.15, 0.2) is 52.9 Å². The van der Waals surface area contributed by atoms with Gasteiger partial charge in [0.15, 0.2) is 0 Å². The Bertz CT molecular complexity index is 728. The van der Waals surface area contributed by atoms with Gasteiger partial charge in [0.1, 0.15) is 17.4 Å². The molecule has 0 saturated carbocycles. The lowest BCUT2D eigenvalue weighted by Gasteiger charge is -2.13. The number of rotatable bonds is 3. The largest absolute Gasteiger partial charge is 0.459 e. The average molecular weight is 266 g/mol. The van der Waals surface area contributed by atoms with Gasteiger partial charge in [0.2, 0.25) is 0 Å². The maximum absolute atomic E-state index is 5.92. The lowest BCUT2D eigenvalue weighted by molar-refractivity contribution is 0.477. The monoisotopic (exact) mass is 266 g/mol. The maximum atomic E-state index is 5.92. The number of hydrazine groups is 1. The minimum Gasteiger partial charge on any atom is -0.459 e.